The number of rotatable bonds is 6. The van der Waals surface area contributed by atoms with Crippen molar-refractivity contribution in [3.05, 3.63) is 29.8 Å². The first-order valence-corrected chi connectivity index (χ1v) is 9.73. The number of hydrogen-bond acceptors (Lipinski definition) is 3. The van der Waals surface area contributed by atoms with E-state index in [9.17, 15) is 4.79 Å². The Hall–Kier alpha value is -1.36. The van der Waals surface area contributed by atoms with Gasteiger partial charge in [-0.3, -0.25) is 0 Å². The fourth-order valence-electron chi connectivity index (χ4n) is 3.02. The lowest BCUT2D eigenvalue weighted by atomic mass is 9.95. The summed E-state index contributed by atoms with van der Waals surface area (Å²) < 4.78 is 5.44. The largest absolute Gasteiger partial charge is 0.494 e. The third kappa shape index (κ3) is 5.65. The Kier molecular flexibility index (Phi) is 7.09. The summed E-state index contributed by atoms with van der Waals surface area (Å²) in [7, 11) is 0. The van der Waals surface area contributed by atoms with E-state index in [1.165, 1.54) is 12.8 Å². The van der Waals surface area contributed by atoms with E-state index in [1.54, 1.807) is 0 Å². The molecule has 4 nitrogen and oxygen atoms in total. The minimum atomic E-state index is -0.0712. The summed E-state index contributed by atoms with van der Waals surface area (Å²) >= 11 is 1.91. The Balaban J connectivity index is 1.81. The summed E-state index contributed by atoms with van der Waals surface area (Å²) in [6.45, 7) is 4.63. The third-order valence-electron chi connectivity index (χ3n) is 4.33. The highest BCUT2D eigenvalue weighted by Crippen LogP contribution is 2.27. The normalized spacial score (nSPS) is 22.2. The van der Waals surface area contributed by atoms with Gasteiger partial charge in [-0.05, 0) is 57.1 Å². The monoisotopic (exact) mass is 336 g/mol. The molecule has 0 bridgehead atoms. The lowest BCUT2D eigenvalue weighted by Crippen LogP contribution is -2.45. The molecule has 5 heteroatoms. The summed E-state index contributed by atoms with van der Waals surface area (Å²) in [4.78, 5) is 12.2. The molecule has 1 fully saturated rings. The highest BCUT2D eigenvalue weighted by molar-refractivity contribution is 7.99. The van der Waals surface area contributed by atoms with Crippen molar-refractivity contribution in [3.8, 4) is 5.75 Å². The Morgan fingerprint density at radius 2 is 2.09 bits per heavy atom. The van der Waals surface area contributed by atoms with Gasteiger partial charge in [-0.2, -0.15) is 11.8 Å². The van der Waals surface area contributed by atoms with Crippen molar-refractivity contribution >= 4 is 17.8 Å². The van der Waals surface area contributed by atoms with Gasteiger partial charge in [0.1, 0.15) is 5.75 Å². The van der Waals surface area contributed by atoms with Crippen LogP contribution in [0.15, 0.2) is 24.3 Å². The van der Waals surface area contributed by atoms with Crippen molar-refractivity contribution in [1.82, 2.24) is 10.6 Å². The zero-order valence-corrected chi connectivity index (χ0v) is 15.1. The minimum absolute atomic E-state index is 0.0226. The van der Waals surface area contributed by atoms with Crippen LogP contribution in [-0.4, -0.2) is 30.2 Å². The van der Waals surface area contributed by atoms with E-state index >= 15 is 0 Å². The van der Waals surface area contributed by atoms with Crippen LogP contribution >= 0.6 is 11.8 Å². The van der Waals surface area contributed by atoms with E-state index in [1.807, 2.05) is 49.9 Å². The van der Waals surface area contributed by atoms with E-state index in [0.717, 1.165) is 24.2 Å². The molecule has 0 radical (unpaired) electrons. The first-order chi connectivity index (χ1) is 11.1. The maximum atomic E-state index is 12.2. The summed E-state index contributed by atoms with van der Waals surface area (Å²) in [5.74, 6) is 0.859. The molecule has 2 amide bonds. The highest BCUT2D eigenvalue weighted by atomic mass is 32.2. The number of urea groups is 1. The third-order valence-corrected chi connectivity index (χ3v) is 5.43. The van der Waals surface area contributed by atoms with Crippen LogP contribution < -0.4 is 15.4 Å². The molecule has 128 valence electrons. The van der Waals surface area contributed by atoms with Crippen LogP contribution in [0.1, 0.15) is 51.1 Å². The van der Waals surface area contributed by atoms with E-state index in [0.29, 0.717) is 17.9 Å². The van der Waals surface area contributed by atoms with Crippen LogP contribution in [0.3, 0.4) is 0 Å². The van der Waals surface area contributed by atoms with Gasteiger partial charge >= 0.3 is 6.03 Å². The van der Waals surface area contributed by atoms with E-state index in [4.69, 9.17) is 4.74 Å². The second kappa shape index (κ2) is 9.06. The molecule has 0 aromatic heterocycles. The molecular formula is C18H28N2O2S. The molecule has 23 heavy (non-hydrogen) atoms. The topological polar surface area (TPSA) is 50.4 Å². The van der Waals surface area contributed by atoms with Gasteiger partial charge in [-0.1, -0.05) is 18.6 Å². The van der Waals surface area contributed by atoms with Gasteiger partial charge < -0.3 is 15.4 Å². The average Bonchev–Trinajstić information content (AvgIpc) is 2.55. The van der Waals surface area contributed by atoms with E-state index in [2.05, 4.69) is 16.9 Å². The number of hydrogen-bond donors (Lipinski definition) is 2. The molecule has 3 unspecified atom stereocenters. The summed E-state index contributed by atoms with van der Waals surface area (Å²) in [5.41, 5.74) is 1.08. The van der Waals surface area contributed by atoms with E-state index in [-0.39, 0.29) is 12.1 Å². The van der Waals surface area contributed by atoms with Crippen molar-refractivity contribution in [3.63, 3.8) is 0 Å². The molecule has 1 aliphatic carbocycles. The van der Waals surface area contributed by atoms with Crippen LogP contribution in [0.5, 0.6) is 5.75 Å². The molecule has 0 saturated heterocycles. The molecular weight excluding hydrogens is 308 g/mol. The number of amides is 2. The second-order valence-electron chi connectivity index (χ2n) is 6.06. The lowest BCUT2D eigenvalue weighted by Gasteiger charge is -2.29. The molecule has 1 aliphatic rings. The van der Waals surface area contributed by atoms with Gasteiger partial charge in [0.05, 0.1) is 12.6 Å². The number of carbonyl (C=O) groups is 1. The summed E-state index contributed by atoms with van der Waals surface area (Å²) in [6, 6.07) is 8.09. The molecule has 0 heterocycles. The van der Waals surface area contributed by atoms with Gasteiger partial charge in [-0.25, -0.2) is 4.79 Å². The molecule has 2 rings (SSSR count). The Morgan fingerprint density at radius 3 is 2.74 bits per heavy atom. The van der Waals surface area contributed by atoms with Crippen molar-refractivity contribution < 1.29 is 9.53 Å². The minimum Gasteiger partial charge on any atom is -0.494 e. The van der Waals surface area contributed by atoms with Crippen molar-refractivity contribution in [1.29, 1.82) is 0 Å². The van der Waals surface area contributed by atoms with Crippen molar-refractivity contribution in [2.24, 2.45) is 0 Å². The predicted octanol–water partition coefficient (Wildman–Crippen LogP) is 4.12. The molecule has 1 aromatic rings. The Labute approximate surface area is 143 Å². The smallest absolute Gasteiger partial charge is 0.315 e. The van der Waals surface area contributed by atoms with Gasteiger partial charge in [0.25, 0.3) is 0 Å². The number of carbonyl (C=O) groups excluding carboxylic acids is 1. The van der Waals surface area contributed by atoms with Gasteiger partial charge in [0.2, 0.25) is 0 Å². The van der Waals surface area contributed by atoms with Crippen LogP contribution in [0.4, 0.5) is 4.79 Å². The number of ether oxygens (including phenoxy) is 1. The molecule has 2 N–H and O–H groups in total. The van der Waals surface area contributed by atoms with Crippen molar-refractivity contribution in [2.45, 2.75) is 56.9 Å². The van der Waals surface area contributed by atoms with Crippen molar-refractivity contribution in [2.75, 3.05) is 12.9 Å². The fourth-order valence-corrected chi connectivity index (χ4v) is 3.84. The number of nitrogens with one attached hydrogen (secondary N) is 2. The second-order valence-corrected chi connectivity index (χ2v) is 7.20. The van der Waals surface area contributed by atoms with Crippen LogP contribution in [0.2, 0.25) is 0 Å². The first kappa shape index (κ1) is 18.0. The number of thioether (sulfide) groups is 1. The van der Waals surface area contributed by atoms with Gasteiger partial charge in [-0.15, -0.1) is 0 Å². The Morgan fingerprint density at radius 1 is 1.35 bits per heavy atom. The van der Waals surface area contributed by atoms with E-state index < -0.39 is 0 Å². The van der Waals surface area contributed by atoms with Crippen LogP contribution in [0.25, 0.3) is 0 Å². The molecule has 1 saturated carbocycles. The Bertz CT molecular complexity index is 492. The first-order valence-electron chi connectivity index (χ1n) is 8.45. The average molecular weight is 337 g/mol. The molecule has 3 atom stereocenters. The lowest BCUT2D eigenvalue weighted by molar-refractivity contribution is 0.230. The highest BCUT2D eigenvalue weighted by Gasteiger charge is 2.23. The number of benzene rings is 1. The zero-order chi connectivity index (χ0) is 16.7. The molecule has 1 aromatic carbocycles. The zero-order valence-electron chi connectivity index (χ0n) is 14.3. The fraction of sp³-hybridized carbons (Fsp3) is 0.611. The maximum Gasteiger partial charge on any atom is 0.315 e. The van der Waals surface area contributed by atoms with Gasteiger partial charge in [0, 0.05) is 11.3 Å². The SMILES string of the molecule is CCOc1ccc(C(C)NC(=O)NC2CCCC(SC)C2)cc1. The van der Waals surface area contributed by atoms with Gasteiger partial charge in [0.15, 0.2) is 0 Å². The standard InChI is InChI=1S/C18H28N2O2S/c1-4-22-16-10-8-14(9-11-16)13(2)19-18(21)20-15-6-5-7-17(12-15)23-3/h8-11,13,15,17H,4-7,12H2,1-3H3,(H2,19,20,21). The summed E-state index contributed by atoms with van der Waals surface area (Å²) in [5, 5.41) is 6.84. The summed E-state index contributed by atoms with van der Waals surface area (Å²) in [6.07, 6.45) is 6.78. The maximum absolute atomic E-state index is 12.2. The predicted molar refractivity (Wildman–Crippen MR) is 97.3 cm³/mol. The molecule has 0 aliphatic heterocycles. The van der Waals surface area contributed by atoms with Crippen LogP contribution in [-0.2, 0) is 0 Å². The quantitative estimate of drug-likeness (QED) is 0.821. The molecule has 0 spiro atoms. The van der Waals surface area contributed by atoms with Crippen LogP contribution in [0, 0.1) is 0 Å².